The number of aryl methyl sites for hydroxylation is 2. The molecule has 2 aromatic heterocycles. The van der Waals surface area contributed by atoms with Crippen LogP contribution in [0.15, 0.2) is 28.5 Å². The van der Waals surface area contributed by atoms with E-state index in [4.69, 9.17) is 0 Å². The van der Waals surface area contributed by atoms with Crippen molar-refractivity contribution in [3.05, 3.63) is 24.2 Å². The van der Waals surface area contributed by atoms with Crippen molar-refractivity contribution in [2.75, 3.05) is 11.9 Å². The lowest BCUT2D eigenvalue weighted by Gasteiger charge is -2.05. The summed E-state index contributed by atoms with van der Waals surface area (Å²) in [7, 11) is 1.94. The number of hydrogen-bond acceptors (Lipinski definition) is 5. The molecule has 0 saturated carbocycles. The van der Waals surface area contributed by atoms with Gasteiger partial charge < -0.3 is 5.32 Å². The lowest BCUT2D eigenvalue weighted by Crippen LogP contribution is -2.02. The average molecular weight is 263 g/mol. The Balaban J connectivity index is 2.11. The van der Waals surface area contributed by atoms with Crippen molar-refractivity contribution in [3.8, 4) is 0 Å². The van der Waals surface area contributed by atoms with Gasteiger partial charge in [0.1, 0.15) is 22.2 Å². The van der Waals surface area contributed by atoms with Crippen LogP contribution in [0.25, 0.3) is 0 Å². The van der Waals surface area contributed by atoms with Crippen molar-refractivity contribution in [3.63, 3.8) is 0 Å². The Labute approximate surface area is 111 Å². The van der Waals surface area contributed by atoms with Gasteiger partial charge in [-0.05, 0) is 19.4 Å². The summed E-state index contributed by atoms with van der Waals surface area (Å²) in [6, 6.07) is 4.01. The van der Waals surface area contributed by atoms with E-state index in [0.717, 1.165) is 34.5 Å². The predicted octanol–water partition coefficient (Wildman–Crippen LogP) is 2.49. The van der Waals surface area contributed by atoms with Gasteiger partial charge in [-0.1, -0.05) is 18.7 Å². The highest BCUT2D eigenvalue weighted by Crippen LogP contribution is 2.26. The minimum atomic E-state index is 0.869. The number of nitrogens with zero attached hydrogens (tertiary/aromatic N) is 4. The monoisotopic (exact) mass is 263 g/mol. The van der Waals surface area contributed by atoms with Gasteiger partial charge in [-0.15, -0.1) is 0 Å². The number of rotatable bonds is 5. The van der Waals surface area contributed by atoms with Crippen molar-refractivity contribution in [2.45, 2.75) is 30.3 Å². The lowest BCUT2D eigenvalue weighted by molar-refractivity contribution is 0.692. The van der Waals surface area contributed by atoms with Crippen LogP contribution in [-0.4, -0.2) is 26.3 Å². The van der Waals surface area contributed by atoms with Crippen molar-refractivity contribution in [1.29, 1.82) is 0 Å². The van der Waals surface area contributed by atoms with Crippen molar-refractivity contribution in [1.82, 2.24) is 19.7 Å². The third kappa shape index (κ3) is 3.22. The van der Waals surface area contributed by atoms with Gasteiger partial charge in [-0.3, -0.25) is 4.68 Å². The predicted molar refractivity (Wildman–Crippen MR) is 72.9 cm³/mol. The average Bonchev–Trinajstić information content (AvgIpc) is 2.66. The largest absolute Gasteiger partial charge is 0.370 e. The molecular formula is C12H17N5S. The first-order valence-corrected chi connectivity index (χ1v) is 6.75. The molecule has 0 amide bonds. The van der Waals surface area contributed by atoms with Gasteiger partial charge in [0, 0.05) is 19.7 Å². The molecule has 6 heteroatoms. The number of aromatic nitrogens is 4. The van der Waals surface area contributed by atoms with Crippen molar-refractivity contribution in [2.24, 2.45) is 7.05 Å². The summed E-state index contributed by atoms with van der Waals surface area (Å²) in [6.45, 7) is 5.03. The Morgan fingerprint density at radius 1 is 1.33 bits per heavy atom. The molecule has 0 atom stereocenters. The third-order valence-electron chi connectivity index (χ3n) is 2.37. The highest BCUT2D eigenvalue weighted by molar-refractivity contribution is 7.99. The minimum Gasteiger partial charge on any atom is -0.370 e. The fourth-order valence-electron chi connectivity index (χ4n) is 1.53. The minimum absolute atomic E-state index is 0.869. The molecule has 2 heterocycles. The van der Waals surface area contributed by atoms with Crippen LogP contribution in [0.5, 0.6) is 0 Å². The summed E-state index contributed by atoms with van der Waals surface area (Å²) in [4.78, 5) is 8.45. The molecule has 0 spiro atoms. The van der Waals surface area contributed by atoms with Gasteiger partial charge in [0.25, 0.3) is 0 Å². The van der Waals surface area contributed by atoms with Gasteiger partial charge in [0.2, 0.25) is 0 Å². The molecule has 0 bridgehead atoms. The second-order valence-corrected chi connectivity index (χ2v) is 5.06. The molecule has 0 aliphatic heterocycles. The van der Waals surface area contributed by atoms with Gasteiger partial charge in [0.15, 0.2) is 0 Å². The Morgan fingerprint density at radius 3 is 2.83 bits per heavy atom. The fourth-order valence-corrected chi connectivity index (χ4v) is 2.42. The Kier molecular flexibility index (Phi) is 4.19. The van der Waals surface area contributed by atoms with Crippen LogP contribution >= 0.6 is 11.8 Å². The molecule has 0 fully saturated rings. The lowest BCUT2D eigenvalue weighted by atomic mass is 10.4. The van der Waals surface area contributed by atoms with Crippen LogP contribution in [-0.2, 0) is 7.05 Å². The summed E-state index contributed by atoms with van der Waals surface area (Å²) in [5.74, 6) is 0.869. The molecule has 0 radical (unpaired) electrons. The SMILES string of the molecule is CCCNc1cc(Sc2cc(C)nn2C)ncn1. The highest BCUT2D eigenvalue weighted by atomic mass is 32.2. The van der Waals surface area contributed by atoms with E-state index >= 15 is 0 Å². The van der Waals surface area contributed by atoms with Gasteiger partial charge in [-0.2, -0.15) is 5.10 Å². The van der Waals surface area contributed by atoms with E-state index in [1.807, 2.05) is 30.8 Å². The maximum Gasteiger partial charge on any atom is 0.130 e. The van der Waals surface area contributed by atoms with Crippen LogP contribution in [0.3, 0.4) is 0 Å². The Hall–Kier alpha value is -1.56. The first kappa shape index (κ1) is 12.9. The molecule has 18 heavy (non-hydrogen) atoms. The normalized spacial score (nSPS) is 10.6. The maximum atomic E-state index is 4.32. The Bertz CT molecular complexity index is 523. The van der Waals surface area contributed by atoms with Gasteiger partial charge in [0.05, 0.1) is 5.69 Å². The fraction of sp³-hybridized carbons (Fsp3) is 0.417. The first-order chi connectivity index (χ1) is 8.69. The number of anilines is 1. The summed E-state index contributed by atoms with van der Waals surface area (Å²) in [5, 5.41) is 9.57. The van der Waals surface area contributed by atoms with Crippen molar-refractivity contribution < 1.29 is 0 Å². The smallest absolute Gasteiger partial charge is 0.130 e. The molecule has 0 aliphatic carbocycles. The number of hydrogen-bond donors (Lipinski definition) is 1. The zero-order valence-corrected chi connectivity index (χ0v) is 11.7. The maximum absolute atomic E-state index is 4.32. The molecule has 0 aliphatic rings. The molecule has 2 aromatic rings. The van der Waals surface area contributed by atoms with E-state index in [9.17, 15) is 0 Å². The molecule has 5 nitrogen and oxygen atoms in total. The third-order valence-corrected chi connectivity index (χ3v) is 3.39. The summed E-state index contributed by atoms with van der Waals surface area (Å²) in [6.07, 6.45) is 2.66. The van der Waals surface area contributed by atoms with Gasteiger partial charge in [-0.25, -0.2) is 9.97 Å². The summed E-state index contributed by atoms with van der Waals surface area (Å²) in [5.41, 5.74) is 1.01. The van der Waals surface area contributed by atoms with Crippen LogP contribution < -0.4 is 5.32 Å². The Morgan fingerprint density at radius 2 is 2.17 bits per heavy atom. The van der Waals surface area contributed by atoms with Crippen molar-refractivity contribution >= 4 is 17.6 Å². The van der Waals surface area contributed by atoms with Crippen LogP contribution in [0.4, 0.5) is 5.82 Å². The molecular weight excluding hydrogens is 246 g/mol. The first-order valence-electron chi connectivity index (χ1n) is 5.93. The molecule has 0 aromatic carbocycles. The van der Waals surface area contributed by atoms with Crippen LogP contribution in [0.2, 0.25) is 0 Å². The van der Waals surface area contributed by atoms with E-state index in [1.165, 1.54) is 0 Å². The molecule has 0 saturated heterocycles. The zero-order chi connectivity index (χ0) is 13.0. The molecule has 96 valence electrons. The summed E-state index contributed by atoms with van der Waals surface area (Å²) >= 11 is 1.59. The van der Waals surface area contributed by atoms with Crippen LogP contribution in [0.1, 0.15) is 19.0 Å². The van der Waals surface area contributed by atoms with E-state index in [0.29, 0.717) is 0 Å². The highest BCUT2D eigenvalue weighted by Gasteiger charge is 2.06. The zero-order valence-electron chi connectivity index (χ0n) is 10.8. The molecule has 1 N–H and O–H groups in total. The second kappa shape index (κ2) is 5.86. The standard InChI is InChI=1S/C12H17N5S/c1-4-5-13-10-7-11(15-8-14-10)18-12-6-9(2)16-17(12)3/h6-8H,4-5H2,1-3H3,(H,13,14,15). The summed E-state index contributed by atoms with van der Waals surface area (Å²) < 4.78 is 1.86. The topological polar surface area (TPSA) is 55.6 Å². The van der Waals surface area contributed by atoms with E-state index in [-0.39, 0.29) is 0 Å². The number of nitrogens with one attached hydrogen (secondary N) is 1. The quantitative estimate of drug-likeness (QED) is 0.840. The van der Waals surface area contributed by atoms with E-state index < -0.39 is 0 Å². The van der Waals surface area contributed by atoms with E-state index in [2.05, 4.69) is 27.3 Å². The van der Waals surface area contributed by atoms with Crippen LogP contribution in [0, 0.1) is 6.92 Å². The van der Waals surface area contributed by atoms with E-state index in [1.54, 1.807) is 18.1 Å². The molecule has 2 rings (SSSR count). The second-order valence-electron chi connectivity index (χ2n) is 4.02. The molecule has 0 unspecified atom stereocenters. The van der Waals surface area contributed by atoms with Gasteiger partial charge >= 0.3 is 0 Å².